The molecule has 0 radical (unpaired) electrons. The zero-order valence-electron chi connectivity index (χ0n) is 14.6. The topological polar surface area (TPSA) is 89.8 Å². The van der Waals surface area contributed by atoms with Gasteiger partial charge in [0.1, 0.15) is 0 Å². The quantitative estimate of drug-likeness (QED) is 0.438. The number of carbonyl (C=O) groups is 2. The third-order valence-corrected chi connectivity index (χ3v) is 4.68. The first-order chi connectivity index (χ1) is 12.3. The molecule has 0 N–H and O–H groups in total. The van der Waals surface area contributed by atoms with E-state index in [0.717, 1.165) is 11.8 Å². The monoisotopic (exact) mass is 374 g/mol. The van der Waals surface area contributed by atoms with Crippen LogP contribution in [0.25, 0.3) is 0 Å². The first kappa shape index (κ1) is 19.5. The van der Waals surface area contributed by atoms with Crippen molar-refractivity contribution in [2.24, 2.45) is 0 Å². The summed E-state index contributed by atoms with van der Waals surface area (Å²) in [6.45, 7) is 0. The van der Waals surface area contributed by atoms with Crippen molar-refractivity contribution >= 4 is 29.3 Å². The lowest BCUT2D eigenvalue weighted by atomic mass is 10.1. The number of nitrogens with zero attached hydrogens (tertiary/aromatic N) is 2. The number of methoxy groups -OCH3 is 1. The molecule has 0 bridgehead atoms. The van der Waals surface area contributed by atoms with Crippen LogP contribution in [0.1, 0.15) is 15.9 Å². The van der Waals surface area contributed by atoms with Crippen LogP contribution in [-0.4, -0.2) is 42.9 Å². The fourth-order valence-electron chi connectivity index (χ4n) is 2.23. The smallest absolute Gasteiger partial charge is 0.309 e. The van der Waals surface area contributed by atoms with E-state index in [1.165, 1.54) is 18.1 Å². The second kappa shape index (κ2) is 8.48. The van der Waals surface area contributed by atoms with Gasteiger partial charge in [0, 0.05) is 25.1 Å². The van der Waals surface area contributed by atoms with Gasteiger partial charge < -0.3 is 9.64 Å². The molecule has 0 saturated carbocycles. The standard InChI is InChI=1S/C18H18N2O5S/c1-19(2)18(22)13-6-4-5-7-15(13)26-16-9-8-12(11-17(21)25-3)10-14(16)20(23)24/h4-10H,11H2,1-3H3. The molecule has 7 nitrogen and oxygen atoms in total. The molecule has 2 aromatic carbocycles. The number of nitro groups is 1. The Morgan fingerprint density at radius 1 is 1.15 bits per heavy atom. The van der Waals surface area contributed by atoms with Crippen LogP contribution < -0.4 is 0 Å². The average Bonchev–Trinajstić information content (AvgIpc) is 2.62. The van der Waals surface area contributed by atoms with E-state index >= 15 is 0 Å². The Labute approximate surface area is 155 Å². The number of carbonyl (C=O) groups excluding carboxylic acids is 2. The second-order valence-corrected chi connectivity index (χ2v) is 6.69. The van der Waals surface area contributed by atoms with Crippen molar-refractivity contribution in [3.8, 4) is 0 Å². The number of amides is 1. The molecule has 136 valence electrons. The summed E-state index contributed by atoms with van der Waals surface area (Å²) in [5, 5.41) is 11.4. The van der Waals surface area contributed by atoms with Crippen molar-refractivity contribution < 1.29 is 19.2 Å². The van der Waals surface area contributed by atoms with Crippen LogP contribution in [0, 0.1) is 10.1 Å². The summed E-state index contributed by atoms with van der Waals surface area (Å²) < 4.78 is 4.59. The summed E-state index contributed by atoms with van der Waals surface area (Å²) in [6.07, 6.45) is -0.0437. The Balaban J connectivity index is 2.40. The lowest BCUT2D eigenvalue weighted by molar-refractivity contribution is -0.387. The number of benzene rings is 2. The van der Waals surface area contributed by atoms with Gasteiger partial charge in [-0.2, -0.15) is 0 Å². The minimum Gasteiger partial charge on any atom is -0.469 e. The number of esters is 1. The van der Waals surface area contributed by atoms with Gasteiger partial charge in [0.05, 0.1) is 28.9 Å². The predicted octanol–water partition coefficient (Wildman–Crippen LogP) is 3.16. The molecule has 0 aliphatic rings. The van der Waals surface area contributed by atoms with E-state index in [0.29, 0.717) is 20.9 Å². The van der Waals surface area contributed by atoms with Crippen LogP contribution in [0.5, 0.6) is 0 Å². The Morgan fingerprint density at radius 3 is 2.46 bits per heavy atom. The van der Waals surface area contributed by atoms with Crippen molar-refractivity contribution in [3.63, 3.8) is 0 Å². The third kappa shape index (κ3) is 4.60. The fourth-order valence-corrected chi connectivity index (χ4v) is 3.26. The van der Waals surface area contributed by atoms with E-state index in [1.807, 2.05) is 0 Å². The lowest BCUT2D eigenvalue weighted by Crippen LogP contribution is -2.22. The highest BCUT2D eigenvalue weighted by Gasteiger charge is 2.20. The summed E-state index contributed by atoms with van der Waals surface area (Å²) in [4.78, 5) is 37.1. The van der Waals surface area contributed by atoms with Crippen LogP contribution in [0.3, 0.4) is 0 Å². The Hall–Kier alpha value is -2.87. The Bertz CT molecular complexity index is 851. The maximum absolute atomic E-state index is 12.3. The number of rotatable bonds is 6. The summed E-state index contributed by atoms with van der Waals surface area (Å²) in [7, 11) is 4.56. The van der Waals surface area contributed by atoms with Gasteiger partial charge in [-0.15, -0.1) is 0 Å². The minimum atomic E-state index is -0.501. The van der Waals surface area contributed by atoms with Gasteiger partial charge >= 0.3 is 5.97 Å². The van der Waals surface area contributed by atoms with Gasteiger partial charge in [0.15, 0.2) is 0 Å². The third-order valence-electron chi connectivity index (χ3n) is 3.54. The van der Waals surface area contributed by atoms with Gasteiger partial charge in [0.25, 0.3) is 11.6 Å². The zero-order valence-corrected chi connectivity index (χ0v) is 15.4. The van der Waals surface area contributed by atoms with Gasteiger partial charge in [-0.25, -0.2) is 0 Å². The maximum Gasteiger partial charge on any atom is 0.309 e. The second-order valence-electron chi connectivity index (χ2n) is 5.61. The largest absolute Gasteiger partial charge is 0.469 e. The zero-order chi connectivity index (χ0) is 19.3. The molecule has 0 saturated heterocycles. The van der Waals surface area contributed by atoms with E-state index in [2.05, 4.69) is 4.74 Å². The van der Waals surface area contributed by atoms with E-state index in [-0.39, 0.29) is 18.0 Å². The number of ether oxygens (including phenoxy) is 1. The van der Waals surface area contributed by atoms with Crippen LogP contribution in [0.15, 0.2) is 52.3 Å². The highest BCUT2D eigenvalue weighted by molar-refractivity contribution is 7.99. The van der Waals surface area contributed by atoms with Gasteiger partial charge in [0.2, 0.25) is 0 Å². The first-order valence-electron chi connectivity index (χ1n) is 7.66. The molecule has 0 heterocycles. The molecule has 8 heteroatoms. The van der Waals surface area contributed by atoms with Gasteiger partial charge in [-0.1, -0.05) is 30.0 Å². The van der Waals surface area contributed by atoms with Crippen molar-refractivity contribution in [2.75, 3.05) is 21.2 Å². The average molecular weight is 374 g/mol. The van der Waals surface area contributed by atoms with E-state index < -0.39 is 10.9 Å². The molecule has 0 aliphatic heterocycles. The predicted molar refractivity (Wildman–Crippen MR) is 97.4 cm³/mol. The fraction of sp³-hybridized carbons (Fsp3) is 0.222. The summed E-state index contributed by atoms with van der Waals surface area (Å²) in [6, 6.07) is 11.5. The molecule has 0 aliphatic carbocycles. The van der Waals surface area contributed by atoms with Crippen LogP contribution >= 0.6 is 11.8 Å². The maximum atomic E-state index is 12.3. The SMILES string of the molecule is COC(=O)Cc1ccc(Sc2ccccc2C(=O)N(C)C)c([N+](=O)[O-])c1. The van der Waals surface area contributed by atoms with Crippen molar-refractivity contribution in [1.29, 1.82) is 0 Å². The molecule has 2 aromatic rings. The van der Waals surface area contributed by atoms with Crippen molar-refractivity contribution in [1.82, 2.24) is 4.90 Å². The van der Waals surface area contributed by atoms with Crippen molar-refractivity contribution in [3.05, 3.63) is 63.7 Å². The van der Waals surface area contributed by atoms with E-state index in [1.54, 1.807) is 50.5 Å². The molecule has 0 atom stereocenters. The molecular weight excluding hydrogens is 356 g/mol. The Morgan fingerprint density at radius 2 is 1.85 bits per heavy atom. The highest BCUT2D eigenvalue weighted by atomic mass is 32.2. The van der Waals surface area contributed by atoms with Crippen molar-refractivity contribution in [2.45, 2.75) is 16.2 Å². The van der Waals surface area contributed by atoms with Crippen LogP contribution in [0.4, 0.5) is 5.69 Å². The summed E-state index contributed by atoms with van der Waals surface area (Å²) in [5.74, 6) is -0.653. The van der Waals surface area contributed by atoms with E-state index in [4.69, 9.17) is 0 Å². The van der Waals surface area contributed by atoms with Gasteiger partial charge in [-0.3, -0.25) is 19.7 Å². The molecule has 0 aromatic heterocycles. The molecular formula is C18H18N2O5S. The normalized spacial score (nSPS) is 10.3. The minimum absolute atomic E-state index is 0.0437. The first-order valence-corrected chi connectivity index (χ1v) is 8.47. The molecule has 2 rings (SSSR count). The highest BCUT2D eigenvalue weighted by Crippen LogP contribution is 2.37. The molecule has 0 fully saturated rings. The lowest BCUT2D eigenvalue weighted by Gasteiger charge is -2.14. The molecule has 1 amide bonds. The Kier molecular flexibility index (Phi) is 6.35. The number of hydrogen-bond acceptors (Lipinski definition) is 6. The van der Waals surface area contributed by atoms with Gasteiger partial charge in [-0.05, 0) is 23.8 Å². The molecule has 0 spiro atoms. The molecule has 0 unspecified atom stereocenters. The summed E-state index contributed by atoms with van der Waals surface area (Å²) >= 11 is 1.14. The molecule has 26 heavy (non-hydrogen) atoms. The van der Waals surface area contributed by atoms with Crippen LogP contribution in [0.2, 0.25) is 0 Å². The van der Waals surface area contributed by atoms with E-state index in [9.17, 15) is 19.7 Å². The summed E-state index contributed by atoms with van der Waals surface area (Å²) in [5.41, 5.74) is 0.837. The number of nitro benzene ring substituents is 1. The number of hydrogen-bond donors (Lipinski definition) is 0. The van der Waals surface area contributed by atoms with Crippen LogP contribution in [-0.2, 0) is 16.0 Å².